The molecule has 14 heteroatoms. The highest BCUT2D eigenvalue weighted by Crippen LogP contribution is 2.24. The van der Waals surface area contributed by atoms with Crippen LogP contribution in [0.1, 0.15) is 25.0 Å². The van der Waals surface area contributed by atoms with Crippen LogP contribution in [0.5, 0.6) is 5.75 Å². The minimum absolute atomic E-state index is 0.238. The molecule has 0 saturated heterocycles. The summed E-state index contributed by atoms with van der Waals surface area (Å²) in [6.45, 7) is 4.67. The van der Waals surface area contributed by atoms with Crippen LogP contribution in [0.15, 0.2) is 88.9 Å². The first-order chi connectivity index (χ1) is 21.1. The summed E-state index contributed by atoms with van der Waals surface area (Å²) in [5, 5.41) is 7.21. The first-order valence-corrected chi connectivity index (χ1v) is 14.5. The normalized spacial score (nSPS) is 12.0. The molecule has 0 fully saturated rings. The van der Waals surface area contributed by atoms with Gasteiger partial charge in [-0.1, -0.05) is 49.4 Å². The Bertz CT molecular complexity index is 1870. The van der Waals surface area contributed by atoms with Gasteiger partial charge in [0.1, 0.15) is 12.1 Å². The number of alkyl halides is 3. The SMILES string of the molecule is CCc1ccccc1-n1c(=O)n(CC)s/c1=N/C(=O)NCCc1ccc(-c2ncn(-c3ccc(OC(F)(F)F)cc3)n2)cc1. The van der Waals surface area contributed by atoms with Gasteiger partial charge in [0.25, 0.3) is 0 Å². The number of benzene rings is 3. The smallest absolute Gasteiger partial charge is 0.406 e. The highest BCUT2D eigenvalue weighted by Gasteiger charge is 2.31. The van der Waals surface area contributed by atoms with Gasteiger partial charge in [0, 0.05) is 18.7 Å². The van der Waals surface area contributed by atoms with E-state index in [1.807, 2.05) is 62.4 Å². The van der Waals surface area contributed by atoms with E-state index in [9.17, 15) is 22.8 Å². The molecule has 10 nitrogen and oxygen atoms in total. The lowest BCUT2D eigenvalue weighted by Crippen LogP contribution is -2.31. The van der Waals surface area contributed by atoms with Crippen LogP contribution < -0.4 is 20.5 Å². The molecule has 0 saturated carbocycles. The van der Waals surface area contributed by atoms with E-state index < -0.39 is 12.4 Å². The highest BCUT2D eigenvalue weighted by molar-refractivity contribution is 7.03. The largest absolute Gasteiger partial charge is 0.573 e. The number of hydrogen-bond donors (Lipinski definition) is 1. The second kappa shape index (κ2) is 13.1. The van der Waals surface area contributed by atoms with Crippen LogP contribution in [-0.2, 0) is 19.4 Å². The van der Waals surface area contributed by atoms with Crippen molar-refractivity contribution >= 4 is 17.6 Å². The molecule has 0 bridgehead atoms. The van der Waals surface area contributed by atoms with Crippen molar-refractivity contribution in [3.8, 4) is 28.5 Å². The summed E-state index contributed by atoms with van der Waals surface area (Å²) in [6.07, 6.45) is -2.02. The first kappa shape index (κ1) is 30.5. The van der Waals surface area contributed by atoms with Crippen LogP contribution in [0, 0.1) is 0 Å². The molecule has 228 valence electrons. The number of carbonyl (C=O) groups excluding carboxylic acids is 1. The molecule has 0 atom stereocenters. The Kier molecular flexibility index (Phi) is 9.09. The number of urea groups is 1. The van der Waals surface area contributed by atoms with Crippen LogP contribution in [0.3, 0.4) is 0 Å². The van der Waals surface area contributed by atoms with Crippen LogP contribution >= 0.6 is 11.5 Å². The minimum Gasteiger partial charge on any atom is -0.406 e. The molecule has 5 aromatic rings. The third-order valence-electron chi connectivity index (χ3n) is 6.61. The molecule has 2 amide bonds. The molecule has 3 aromatic carbocycles. The van der Waals surface area contributed by atoms with E-state index in [4.69, 9.17) is 0 Å². The number of halogens is 3. The van der Waals surface area contributed by atoms with Gasteiger partial charge in [-0.3, -0.25) is 0 Å². The fraction of sp³-hybridized carbons (Fsp3) is 0.233. The first-order valence-electron chi connectivity index (χ1n) is 13.8. The molecule has 2 aromatic heterocycles. The molecule has 0 spiro atoms. The fourth-order valence-electron chi connectivity index (χ4n) is 4.46. The number of hydrogen-bond acceptors (Lipinski definition) is 6. The Morgan fingerprint density at radius 1 is 1.02 bits per heavy atom. The van der Waals surface area contributed by atoms with Crippen molar-refractivity contribution in [1.82, 2.24) is 28.6 Å². The third kappa shape index (κ3) is 7.14. The van der Waals surface area contributed by atoms with Crippen molar-refractivity contribution in [2.24, 2.45) is 4.99 Å². The zero-order chi connectivity index (χ0) is 31.3. The average molecular weight is 624 g/mol. The molecule has 2 heterocycles. The summed E-state index contributed by atoms with van der Waals surface area (Å²) in [5.74, 6) is 0.117. The molecule has 0 aliphatic rings. The van der Waals surface area contributed by atoms with Crippen molar-refractivity contribution < 1.29 is 22.7 Å². The predicted octanol–water partition coefficient (Wildman–Crippen LogP) is 5.28. The maximum atomic E-state index is 13.0. The van der Waals surface area contributed by atoms with Gasteiger partial charge in [0.05, 0.1) is 11.4 Å². The van der Waals surface area contributed by atoms with E-state index in [2.05, 4.69) is 25.1 Å². The van der Waals surface area contributed by atoms with Crippen LogP contribution in [0.4, 0.5) is 18.0 Å². The number of carbonyl (C=O) groups is 1. The summed E-state index contributed by atoms with van der Waals surface area (Å²) >= 11 is 1.14. The van der Waals surface area contributed by atoms with E-state index in [0.29, 0.717) is 41.5 Å². The van der Waals surface area contributed by atoms with Gasteiger partial charge in [-0.05, 0) is 72.8 Å². The zero-order valence-electron chi connectivity index (χ0n) is 23.8. The fourth-order valence-corrected chi connectivity index (χ4v) is 5.32. The molecule has 0 radical (unpaired) electrons. The molecule has 0 aliphatic heterocycles. The van der Waals surface area contributed by atoms with Gasteiger partial charge in [0.2, 0.25) is 4.80 Å². The Morgan fingerprint density at radius 2 is 1.75 bits per heavy atom. The maximum absolute atomic E-state index is 13.0. The standard InChI is InChI=1S/C30H28F3N7O3S/c1-3-21-7-5-6-8-25(21)40-28(44-39(4-2)29(40)42)36-27(41)34-18-17-20-9-11-22(12-10-20)26-35-19-38(37-26)23-13-15-24(16-14-23)43-30(31,32)33/h5-16,19H,3-4,17-18H2,1-2H3,(H,34,41)/b36-28+. The Labute approximate surface area is 253 Å². The summed E-state index contributed by atoms with van der Waals surface area (Å²) in [5.41, 5.74) is 3.68. The topological polar surface area (TPSA) is 108 Å². The van der Waals surface area contributed by atoms with Crippen molar-refractivity contribution in [2.45, 2.75) is 39.6 Å². The van der Waals surface area contributed by atoms with Gasteiger partial charge in [0.15, 0.2) is 5.82 Å². The number of amides is 2. The lowest BCUT2D eigenvalue weighted by atomic mass is 10.1. The van der Waals surface area contributed by atoms with Gasteiger partial charge < -0.3 is 10.1 Å². The van der Waals surface area contributed by atoms with Gasteiger partial charge >= 0.3 is 18.1 Å². The van der Waals surface area contributed by atoms with E-state index in [-0.39, 0.29) is 11.4 Å². The second-order valence-electron chi connectivity index (χ2n) is 9.51. The Morgan fingerprint density at radius 3 is 2.43 bits per heavy atom. The molecule has 44 heavy (non-hydrogen) atoms. The monoisotopic (exact) mass is 623 g/mol. The van der Waals surface area contributed by atoms with Crippen molar-refractivity contribution in [3.05, 3.63) is 106 Å². The number of aromatic nitrogens is 5. The molecule has 0 unspecified atom stereocenters. The van der Waals surface area contributed by atoms with Gasteiger partial charge in [-0.25, -0.2) is 27.8 Å². The predicted molar refractivity (Wildman–Crippen MR) is 159 cm³/mol. The van der Waals surface area contributed by atoms with Crippen LogP contribution in [0.2, 0.25) is 0 Å². The second-order valence-corrected chi connectivity index (χ2v) is 10.5. The molecule has 5 rings (SSSR count). The zero-order valence-corrected chi connectivity index (χ0v) is 24.6. The molecule has 0 aliphatic carbocycles. The summed E-state index contributed by atoms with van der Waals surface area (Å²) in [6, 6.07) is 19.8. The van der Waals surface area contributed by atoms with E-state index in [0.717, 1.165) is 34.6 Å². The average Bonchev–Trinajstić information content (AvgIpc) is 3.62. The van der Waals surface area contributed by atoms with Crippen molar-refractivity contribution in [2.75, 3.05) is 6.54 Å². The molecular weight excluding hydrogens is 595 g/mol. The maximum Gasteiger partial charge on any atom is 0.573 e. The number of nitrogens with zero attached hydrogens (tertiary/aromatic N) is 6. The Hall–Kier alpha value is -4.98. The number of ether oxygens (including phenoxy) is 1. The minimum atomic E-state index is -4.76. The third-order valence-corrected chi connectivity index (χ3v) is 7.69. The number of rotatable bonds is 9. The molecular formula is C30H28F3N7O3S. The number of nitrogens with one attached hydrogen (secondary N) is 1. The number of aryl methyl sites for hydroxylation is 2. The van der Waals surface area contributed by atoms with Crippen molar-refractivity contribution in [3.63, 3.8) is 0 Å². The summed E-state index contributed by atoms with van der Waals surface area (Å²) < 4.78 is 45.6. The highest BCUT2D eigenvalue weighted by atomic mass is 32.1. The van der Waals surface area contributed by atoms with Gasteiger partial charge in [-0.2, -0.15) is 4.99 Å². The van der Waals surface area contributed by atoms with Crippen LogP contribution in [-0.4, -0.2) is 42.2 Å². The number of para-hydroxylation sites is 1. The van der Waals surface area contributed by atoms with Crippen molar-refractivity contribution in [1.29, 1.82) is 0 Å². The Balaban J connectivity index is 1.22. The van der Waals surface area contributed by atoms with E-state index in [1.54, 1.807) is 3.96 Å². The lowest BCUT2D eigenvalue weighted by molar-refractivity contribution is -0.274. The molecule has 1 N–H and O–H groups in total. The van der Waals surface area contributed by atoms with Gasteiger partial charge in [-0.15, -0.1) is 18.3 Å². The van der Waals surface area contributed by atoms with E-state index >= 15 is 0 Å². The summed E-state index contributed by atoms with van der Waals surface area (Å²) in [7, 11) is 0. The summed E-state index contributed by atoms with van der Waals surface area (Å²) in [4.78, 5) is 34.5. The quantitative estimate of drug-likeness (QED) is 0.240. The lowest BCUT2D eigenvalue weighted by Gasteiger charge is -2.09. The van der Waals surface area contributed by atoms with Crippen LogP contribution in [0.25, 0.3) is 22.8 Å². The van der Waals surface area contributed by atoms with E-state index in [1.165, 1.54) is 39.8 Å².